The van der Waals surface area contributed by atoms with Gasteiger partial charge in [-0.05, 0) is 49.2 Å². The Balaban J connectivity index is 1.47. The maximum Gasteiger partial charge on any atom is 0.213 e. The van der Waals surface area contributed by atoms with Crippen LogP contribution in [0.3, 0.4) is 0 Å². The zero-order chi connectivity index (χ0) is 21.2. The van der Waals surface area contributed by atoms with Crippen molar-refractivity contribution in [2.75, 3.05) is 20.3 Å². The fourth-order valence-electron chi connectivity index (χ4n) is 2.86. The second-order valence-electron chi connectivity index (χ2n) is 6.92. The van der Waals surface area contributed by atoms with E-state index in [9.17, 15) is 0 Å². The number of hydrogen-bond donors (Lipinski definition) is 1. The van der Waals surface area contributed by atoms with Gasteiger partial charge >= 0.3 is 0 Å². The zero-order valence-electron chi connectivity index (χ0n) is 17.4. The van der Waals surface area contributed by atoms with Crippen molar-refractivity contribution in [3.8, 4) is 17.4 Å². The number of hydrogen-bond acceptors (Lipinski definition) is 5. The Morgan fingerprint density at radius 1 is 1.00 bits per heavy atom. The first-order valence-corrected chi connectivity index (χ1v) is 10.7. The summed E-state index contributed by atoms with van der Waals surface area (Å²) in [5.74, 6) is 2.10. The van der Waals surface area contributed by atoms with Gasteiger partial charge in [-0.2, -0.15) is 0 Å². The topological polar surface area (TPSA) is 52.6 Å². The highest BCUT2D eigenvalue weighted by Crippen LogP contribution is 2.34. The second kappa shape index (κ2) is 11.6. The molecule has 3 aromatic rings. The normalized spacial score (nSPS) is 10.6. The van der Waals surface area contributed by atoms with Crippen molar-refractivity contribution in [2.45, 2.75) is 26.5 Å². The molecule has 0 atom stereocenters. The molecule has 1 N–H and O–H groups in total. The lowest BCUT2D eigenvalue weighted by Gasteiger charge is -2.15. The summed E-state index contributed by atoms with van der Waals surface area (Å²) in [4.78, 5) is 4.15. The number of aryl methyl sites for hydroxylation is 1. The first-order valence-electron chi connectivity index (χ1n) is 9.95. The molecule has 0 amide bonds. The molecule has 0 saturated carbocycles. The predicted octanol–water partition coefficient (Wildman–Crippen LogP) is 5.30. The van der Waals surface area contributed by atoms with Crippen LogP contribution < -0.4 is 19.5 Å². The maximum atomic E-state index is 5.99. The Kier molecular flexibility index (Phi) is 8.53. The van der Waals surface area contributed by atoms with Gasteiger partial charge in [0.25, 0.3) is 0 Å². The largest absolute Gasteiger partial charge is 0.493 e. The molecule has 0 aliphatic carbocycles. The number of rotatable bonds is 11. The molecule has 0 aliphatic heterocycles. The number of nitrogens with one attached hydrogen (secondary N) is 1. The highest BCUT2D eigenvalue weighted by Gasteiger charge is 2.11. The quantitative estimate of drug-likeness (QED) is 0.385. The van der Waals surface area contributed by atoms with Gasteiger partial charge in [-0.25, -0.2) is 4.98 Å². The van der Waals surface area contributed by atoms with Gasteiger partial charge in [0.1, 0.15) is 6.61 Å². The Morgan fingerprint density at radius 2 is 1.83 bits per heavy atom. The van der Waals surface area contributed by atoms with E-state index in [1.54, 1.807) is 13.3 Å². The fraction of sp³-hybridized carbons (Fsp3) is 0.292. The molecule has 0 radical (unpaired) electrons. The van der Waals surface area contributed by atoms with E-state index in [2.05, 4.69) is 57.4 Å². The third-order valence-corrected chi connectivity index (χ3v) is 5.29. The zero-order valence-corrected chi connectivity index (χ0v) is 18.9. The highest BCUT2D eigenvalue weighted by molar-refractivity contribution is 9.10. The summed E-state index contributed by atoms with van der Waals surface area (Å²) in [7, 11) is 1.66. The average Bonchev–Trinajstić information content (AvgIpc) is 2.77. The third-order valence-electron chi connectivity index (χ3n) is 4.55. The molecule has 1 heterocycles. The maximum absolute atomic E-state index is 5.99. The van der Waals surface area contributed by atoms with E-state index in [0.29, 0.717) is 19.1 Å². The molecule has 0 fully saturated rings. The fourth-order valence-corrected chi connectivity index (χ4v) is 3.32. The summed E-state index contributed by atoms with van der Waals surface area (Å²) in [6, 6.07) is 17.9. The number of ether oxygens (including phenoxy) is 3. The third kappa shape index (κ3) is 6.75. The standard InChI is InChI=1S/C24H27BrN2O3/c1-18-7-9-19(10-8-18)17-30-23-15-21(25)20(14-22(23)28-2)16-26-11-5-13-29-24-6-3-4-12-27-24/h3-4,6-10,12,14-15,26H,5,11,13,16-17H2,1-2H3. The number of nitrogens with zero attached hydrogens (tertiary/aromatic N) is 1. The van der Waals surface area contributed by atoms with Crippen LogP contribution in [0.25, 0.3) is 0 Å². The Labute approximate surface area is 186 Å². The van der Waals surface area contributed by atoms with E-state index in [4.69, 9.17) is 14.2 Å². The molecule has 2 aromatic carbocycles. The molecule has 30 heavy (non-hydrogen) atoms. The molecule has 3 rings (SSSR count). The smallest absolute Gasteiger partial charge is 0.213 e. The predicted molar refractivity (Wildman–Crippen MR) is 122 cm³/mol. The second-order valence-corrected chi connectivity index (χ2v) is 7.77. The summed E-state index contributed by atoms with van der Waals surface area (Å²) < 4.78 is 18.1. The van der Waals surface area contributed by atoms with Crippen molar-refractivity contribution in [3.05, 3.63) is 82.0 Å². The average molecular weight is 471 g/mol. The van der Waals surface area contributed by atoms with Crippen molar-refractivity contribution in [1.29, 1.82) is 0 Å². The lowest BCUT2D eigenvalue weighted by Crippen LogP contribution is -2.17. The van der Waals surface area contributed by atoms with Gasteiger partial charge in [0, 0.05) is 23.3 Å². The lowest BCUT2D eigenvalue weighted by molar-refractivity contribution is 0.284. The van der Waals surface area contributed by atoms with Gasteiger partial charge in [-0.15, -0.1) is 0 Å². The van der Waals surface area contributed by atoms with E-state index in [1.165, 1.54) is 5.56 Å². The van der Waals surface area contributed by atoms with Gasteiger partial charge in [-0.3, -0.25) is 0 Å². The van der Waals surface area contributed by atoms with Crippen LogP contribution in [0.2, 0.25) is 0 Å². The van der Waals surface area contributed by atoms with Crippen molar-refractivity contribution in [1.82, 2.24) is 10.3 Å². The summed E-state index contributed by atoms with van der Waals surface area (Å²) >= 11 is 3.65. The van der Waals surface area contributed by atoms with Gasteiger partial charge in [0.15, 0.2) is 11.5 Å². The molecule has 0 saturated heterocycles. The van der Waals surface area contributed by atoms with E-state index in [1.807, 2.05) is 30.3 Å². The van der Waals surface area contributed by atoms with Gasteiger partial charge in [0.2, 0.25) is 5.88 Å². The van der Waals surface area contributed by atoms with Crippen molar-refractivity contribution >= 4 is 15.9 Å². The van der Waals surface area contributed by atoms with Gasteiger partial charge in [-0.1, -0.05) is 51.8 Å². The van der Waals surface area contributed by atoms with Crippen LogP contribution in [0.4, 0.5) is 0 Å². The molecule has 5 nitrogen and oxygen atoms in total. The van der Waals surface area contributed by atoms with Crippen LogP contribution >= 0.6 is 15.9 Å². The first-order chi connectivity index (χ1) is 14.7. The van der Waals surface area contributed by atoms with Crippen molar-refractivity contribution in [3.63, 3.8) is 0 Å². The molecule has 0 unspecified atom stereocenters. The van der Waals surface area contributed by atoms with Crippen molar-refractivity contribution < 1.29 is 14.2 Å². The van der Waals surface area contributed by atoms with E-state index in [-0.39, 0.29) is 0 Å². The molecule has 0 spiro atoms. The first kappa shape index (κ1) is 22.1. The highest BCUT2D eigenvalue weighted by atomic mass is 79.9. The molecule has 0 bridgehead atoms. The minimum atomic E-state index is 0.497. The Morgan fingerprint density at radius 3 is 2.57 bits per heavy atom. The summed E-state index contributed by atoms with van der Waals surface area (Å²) in [5.41, 5.74) is 3.47. The van der Waals surface area contributed by atoms with Crippen LogP contribution in [0, 0.1) is 6.92 Å². The van der Waals surface area contributed by atoms with E-state index in [0.717, 1.165) is 46.6 Å². The number of methoxy groups -OCH3 is 1. The summed E-state index contributed by atoms with van der Waals surface area (Å²) in [6.45, 7) is 4.76. The van der Waals surface area contributed by atoms with Crippen LogP contribution in [0.5, 0.6) is 17.4 Å². The molecular formula is C24H27BrN2O3. The monoisotopic (exact) mass is 470 g/mol. The SMILES string of the molecule is COc1cc(CNCCCOc2ccccn2)c(Br)cc1OCc1ccc(C)cc1. The van der Waals surface area contributed by atoms with Crippen LogP contribution in [-0.2, 0) is 13.2 Å². The lowest BCUT2D eigenvalue weighted by atomic mass is 10.1. The minimum absolute atomic E-state index is 0.497. The van der Waals surface area contributed by atoms with Crippen LogP contribution in [-0.4, -0.2) is 25.2 Å². The van der Waals surface area contributed by atoms with E-state index >= 15 is 0 Å². The Bertz CT molecular complexity index is 918. The molecular weight excluding hydrogens is 444 g/mol. The summed E-state index contributed by atoms with van der Waals surface area (Å²) in [6.07, 6.45) is 2.62. The molecule has 1 aromatic heterocycles. The number of pyridine rings is 1. The number of halogens is 1. The van der Waals surface area contributed by atoms with Crippen molar-refractivity contribution in [2.24, 2.45) is 0 Å². The van der Waals surface area contributed by atoms with Gasteiger partial charge in [0.05, 0.1) is 13.7 Å². The molecule has 6 heteroatoms. The number of aromatic nitrogens is 1. The summed E-state index contributed by atoms with van der Waals surface area (Å²) in [5, 5.41) is 3.44. The minimum Gasteiger partial charge on any atom is -0.493 e. The Hall–Kier alpha value is -2.57. The van der Waals surface area contributed by atoms with Crippen LogP contribution in [0.15, 0.2) is 65.3 Å². The number of benzene rings is 2. The van der Waals surface area contributed by atoms with Crippen LogP contribution in [0.1, 0.15) is 23.1 Å². The van der Waals surface area contributed by atoms with Gasteiger partial charge < -0.3 is 19.5 Å². The van der Waals surface area contributed by atoms with E-state index < -0.39 is 0 Å². The molecule has 0 aliphatic rings. The molecule has 158 valence electrons.